The lowest BCUT2D eigenvalue weighted by Crippen LogP contribution is -2.56. The molecular weight excluding hydrogens is 214 g/mol. The number of nitrogens with one attached hydrogen (secondary N) is 2. The summed E-state index contributed by atoms with van der Waals surface area (Å²) < 4.78 is 28.4. The Morgan fingerprint density at radius 1 is 1.47 bits per heavy atom. The average Bonchev–Trinajstić information content (AvgIpc) is 2.97. The molecule has 4 N–H and O–H groups in total. The first kappa shape index (κ1) is 12.9. The van der Waals surface area contributed by atoms with Gasteiger partial charge in [-0.05, 0) is 32.1 Å². The topological polar surface area (TPSA) is 84.2 Å². The van der Waals surface area contributed by atoms with E-state index in [9.17, 15) is 8.42 Å². The maximum Gasteiger partial charge on any atom is 0.277 e. The Balaban J connectivity index is 2.57. The SMILES string of the molecule is CCCNS(=O)(=O)NC(C)(CN)C1CC1. The second kappa shape index (κ2) is 4.78. The standard InChI is InChI=1S/C9H21N3O2S/c1-3-6-11-15(13,14)12-9(2,7-10)8-4-5-8/h8,11-12H,3-7,10H2,1-2H3. The largest absolute Gasteiger partial charge is 0.329 e. The van der Waals surface area contributed by atoms with E-state index in [0.717, 1.165) is 19.3 Å². The van der Waals surface area contributed by atoms with Gasteiger partial charge in [-0.2, -0.15) is 13.1 Å². The van der Waals surface area contributed by atoms with Crippen molar-refractivity contribution in [3.63, 3.8) is 0 Å². The van der Waals surface area contributed by atoms with Crippen molar-refractivity contribution < 1.29 is 8.42 Å². The Morgan fingerprint density at radius 3 is 2.47 bits per heavy atom. The van der Waals surface area contributed by atoms with E-state index >= 15 is 0 Å². The molecule has 1 aliphatic carbocycles. The van der Waals surface area contributed by atoms with Crippen LogP contribution in [0.2, 0.25) is 0 Å². The van der Waals surface area contributed by atoms with Crippen molar-refractivity contribution in [2.75, 3.05) is 13.1 Å². The first-order chi connectivity index (χ1) is 6.93. The number of nitrogens with two attached hydrogens (primary N) is 1. The van der Waals surface area contributed by atoms with Crippen LogP contribution in [0, 0.1) is 5.92 Å². The summed E-state index contributed by atoms with van der Waals surface area (Å²) in [4.78, 5) is 0. The molecule has 0 heterocycles. The molecule has 15 heavy (non-hydrogen) atoms. The summed E-state index contributed by atoms with van der Waals surface area (Å²) in [6.45, 7) is 4.59. The average molecular weight is 235 g/mol. The molecule has 1 aliphatic rings. The van der Waals surface area contributed by atoms with Gasteiger partial charge in [0.2, 0.25) is 0 Å². The van der Waals surface area contributed by atoms with Gasteiger partial charge in [-0.25, -0.2) is 4.72 Å². The van der Waals surface area contributed by atoms with Gasteiger partial charge in [0.15, 0.2) is 0 Å². The van der Waals surface area contributed by atoms with Gasteiger partial charge >= 0.3 is 0 Å². The summed E-state index contributed by atoms with van der Waals surface area (Å²) in [6.07, 6.45) is 2.90. The lowest BCUT2D eigenvalue weighted by molar-refractivity contribution is 0.371. The minimum absolute atomic E-state index is 0.338. The van der Waals surface area contributed by atoms with E-state index in [2.05, 4.69) is 9.44 Å². The highest BCUT2D eigenvalue weighted by molar-refractivity contribution is 7.87. The van der Waals surface area contributed by atoms with Crippen molar-refractivity contribution in [1.29, 1.82) is 0 Å². The van der Waals surface area contributed by atoms with E-state index < -0.39 is 15.7 Å². The Morgan fingerprint density at radius 2 is 2.07 bits per heavy atom. The zero-order chi connectivity index (χ0) is 11.5. The lowest BCUT2D eigenvalue weighted by Gasteiger charge is -2.28. The molecule has 0 aliphatic heterocycles. The molecule has 0 aromatic carbocycles. The molecule has 0 amide bonds. The van der Waals surface area contributed by atoms with Gasteiger partial charge in [-0.1, -0.05) is 6.92 Å². The highest BCUT2D eigenvalue weighted by atomic mass is 32.2. The number of hydrogen-bond donors (Lipinski definition) is 3. The maximum atomic E-state index is 11.6. The Hall–Kier alpha value is -0.170. The molecule has 0 radical (unpaired) electrons. The van der Waals surface area contributed by atoms with Crippen LogP contribution in [0.5, 0.6) is 0 Å². The van der Waals surface area contributed by atoms with E-state index in [-0.39, 0.29) is 0 Å². The fraction of sp³-hybridized carbons (Fsp3) is 1.00. The molecule has 6 heteroatoms. The van der Waals surface area contributed by atoms with Gasteiger partial charge in [0.1, 0.15) is 0 Å². The van der Waals surface area contributed by atoms with Gasteiger partial charge in [0, 0.05) is 18.6 Å². The Labute approximate surface area is 92.0 Å². The maximum absolute atomic E-state index is 11.6. The molecule has 90 valence electrons. The number of rotatable bonds is 7. The minimum Gasteiger partial charge on any atom is -0.329 e. The molecule has 1 atom stereocenters. The van der Waals surface area contributed by atoms with Crippen molar-refractivity contribution in [2.45, 2.75) is 38.6 Å². The molecule has 0 bridgehead atoms. The van der Waals surface area contributed by atoms with E-state index in [1.54, 1.807) is 0 Å². The van der Waals surface area contributed by atoms with E-state index in [1.165, 1.54) is 0 Å². The molecule has 1 rings (SSSR count). The Bertz CT molecular complexity index is 300. The lowest BCUT2D eigenvalue weighted by atomic mass is 9.98. The Kier molecular flexibility index (Phi) is 4.11. The molecule has 0 saturated heterocycles. The van der Waals surface area contributed by atoms with Crippen LogP contribution in [0.1, 0.15) is 33.1 Å². The highest BCUT2D eigenvalue weighted by Gasteiger charge is 2.42. The van der Waals surface area contributed by atoms with Crippen molar-refractivity contribution >= 4 is 10.2 Å². The molecule has 0 aromatic rings. The second-order valence-electron chi connectivity index (χ2n) is 4.40. The van der Waals surface area contributed by atoms with Gasteiger partial charge in [0.25, 0.3) is 10.2 Å². The van der Waals surface area contributed by atoms with Crippen LogP contribution in [0.4, 0.5) is 0 Å². The smallest absolute Gasteiger partial charge is 0.277 e. The predicted molar refractivity (Wildman–Crippen MR) is 60.5 cm³/mol. The monoisotopic (exact) mass is 235 g/mol. The molecule has 1 unspecified atom stereocenters. The third-order valence-corrected chi connectivity index (χ3v) is 4.13. The zero-order valence-electron chi connectivity index (χ0n) is 9.41. The van der Waals surface area contributed by atoms with Crippen LogP contribution in [0.15, 0.2) is 0 Å². The van der Waals surface area contributed by atoms with Crippen molar-refractivity contribution in [3.8, 4) is 0 Å². The third kappa shape index (κ3) is 3.71. The highest BCUT2D eigenvalue weighted by Crippen LogP contribution is 2.39. The normalized spacial score (nSPS) is 21.3. The summed E-state index contributed by atoms with van der Waals surface area (Å²) in [7, 11) is -3.40. The summed E-state index contributed by atoms with van der Waals surface area (Å²) in [6, 6.07) is 0. The van der Waals surface area contributed by atoms with Gasteiger partial charge in [-0.3, -0.25) is 0 Å². The van der Waals surface area contributed by atoms with Crippen molar-refractivity contribution in [2.24, 2.45) is 11.7 Å². The summed E-state index contributed by atoms with van der Waals surface area (Å²) >= 11 is 0. The molecular formula is C9H21N3O2S. The van der Waals surface area contributed by atoms with Crippen LogP contribution in [-0.2, 0) is 10.2 Å². The fourth-order valence-corrected chi connectivity index (χ4v) is 3.00. The zero-order valence-corrected chi connectivity index (χ0v) is 10.2. The fourth-order valence-electron chi connectivity index (χ4n) is 1.59. The van der Waals surface area contributed by atoms with E-state index in [4.69, 9.17) is 5.73 Å². The van der Waals surface area contributed by atoms with E-state index in [1.807, 2.05) is 13.8 Å². The summed E-state index contributed by atoms with van der Waals surface area (Å²) in [5.41, 5.74) is 5.14. The first-order valence-corrected chi connectivity index (χ1v) is 6.90. The molecule has 0 aromatic heterocycles. The van der Waals surface area contributed by atoms with Gasteiger partial charge < -0.3 is 5.73 Å². The molecule has 1 fully saturated rings. The molecule has 1 saturated carbocycles. The van der Waals surface area contributed by atoms with Crippen LogP contribution >= 0.6 is 0 Å². The predicted octanol–water partition coefficient (Wildman–Crippen LogP) is -0.0522. The molecule has 0 spiro atoms. The molecule has 5 nitrogen and oxygen atoms in total. The van der Waals surface area contributed by atoms with Crippen molar-refractivity contribution in [1.82, 2.24) is 9.44 Å². The quantitative estimate of drug-likeness (QED) is 0.578. The second-order valence-corrected chi connectivity index (χ2v) is 5.90. The number of hydrogen-bond acceptors (Lipinski definition) is 3. The van der Waals surface area contributed by atoms with E-state index in [0.29, 0.717) is 19.0 Å². The van der Waals surface area contributed by atoms with Crippen LogP contribution < -0.4 is 15.2 Å². The van der Waals surface area contributed by atoms with Gasteiger partial charge in [-0.15, -0.1) is 0 Å². The summed E-state index contributed by atoms with van der Waals surface area (Å²) in [5.74, 6) is 0.390. The van der Waals surface area contributed by atoms with Crippen molar-refractivity contribution in [3.05, 3.63) is 0 Å². The van der Waals surface area contributed by atoms with Gasteiger partial charge in [0.05, 0.1) is 0 Å². The van der Waals surface area contributed by atoms with Crippen LogP contribution in [0.3, 0.4) is 0 Å². The minimum atomic E-state index is -3.40. The first-order valence-electron chi connectivity index (χ1n) is 5.42. The van der Waals surface area contributed by atoms with Crippen LogP contribution in [0.25, 0.3) is 0 Å². The third-order valence-electron chi connectivity index (χ3n) is 2.81. The van der Waals surface area contributed by atoms with Crippen LogP contribution in [-0.4, -0.2) is 27.0 Å². The summed E-state index contributed by atoms with van der Waals surface area (Å²) in [5, 5.41) is 0.